The molecule has 0 aliphatic rings. The fraction of sp³-hybridized carbons (Fsp3) is 0.833. The molecule has 1 amide bonds. The molecule has 12 heavy (non-hydrogen) atoms. The second-order valence-corrected chi connectivity index (χ2v) is 3.23. The molecule has 0 unspecified atom stereocenters. The molecule has 0 atom stereocenters. The van der Waals surface area contributed by atoms with E-state index in [1.54, 1.807) is 0 Å². The third kappa shape index (κ3) is 8.69. The van der Waals surface area contributed by atoms with Crippen molar-refractivity contribution in [3.05, 3.63) is 0 Å². The predicted molar refractivity (Wildman–Crippen MR) is 50.7 cm³/mol. The van der Waals surface area contributed by atoms with Gasteiger partial charge in [-0.05, 0) is 32.1 Å². The monoisotopic (exact) mass is 259 g/mol. The SMILES string of the molecule is CCCCCOC(=O)N(S)S.[Zn]. The molecule has 0 aromatic heterocycles. The molecule has 0 fully saturated rings. The molecule has 0 rings (SSSR count). The van der Waals surface area contributed by atoms with Crippen molar-refractivity contribution in [3.63, 3.8) is 0 Å². The van der Waals surface area contributed by atoms with Crippen LogP contribution in [0, 0.1) is 0 Å². The van der Waals surface area contributed by atoms with Crippen LogP contribution in [-0.2, 0) is 24.2 Å². The summed E-state index contributed by atoms with van der Waals surface area (Å²) in [5, 5.41) is 0. The molecule has 0 spiro atoms. The van der Waals surface area contributed by atoms with Crippen LogP contribution in [0.3, 0.4) is 0 Å². The zero-order chi connectivity index (χ0) is 8.69. The number of hydrogen-bond donors (Lipinski definition) is 2. The van der Waals surface area contributed by atoms with E-state index in [2.05, 4.69) is 32.6 Å². The average molecular weight is 261 g/mol. The Hall–Kier alpha value is 0.593. The van der Waals surface area contributed by atoms with Crippen LogP contribution in [0.4, 0.5) is 4.79 Å². The van der Waals surface area contributed by atoms with Crippen LogP contribution in [-0.4, -0.2) is 16.4 Å². The molecule has 0 saturated heterocycles. The molecule has 0 aromatic rings. The van der Waals surface area contributed by atoms with Crippen molar-refractivity contribution in [2.75, 3.05) is 6.61 Å². The second-order valence-electron chi connectivity index (χ2n) is 2.11. The summed E-state index contributed by atoms with van der Waals surface area (Å²) < 4.78 is 5.57. The van der Waals surface area contributed by atoms with Gasteiger partial charge >= 0.3 is 6.09 Å². The van der Waals surface area contributed by atoms with E-state index >= 15 is 0 Å². The van der Waals surface area contributed by atoms with Crippen molar-refractivity contribution in [2.45, 2.75) is 26.2 Å². The van der Waals surface area contributed by atoms with Crippen LogP contribution in [0.15, 0.2) is 0 Å². The standard InChI is InChI=1S/C6H13NO2S2.Zn/c1-2-3-4-5-9-6(8)7(10)11;/h10-11H,2-5H2,1H3;. The minimum absolute atomic E-state index is 0. The molecule has 0 saturated carbocycles. The number of carbonyl (C=O) groups is 1. The Morgan fingerprint density at radius 2 is 2.00 bits per heavy atom. The first-order valence-electron chi connectivity index (χ1n) is 3.53. The number of unbranched alkanes of at least 4 members (excludes halogenated alkanes) is 2. The largest absolute Gasteiger partial charge is 0.448 e. The van der Waals surface area contributed by atoms with Gasteiger partial charge in [0.2, 0.25) is 0 Å². The van der Waals surface area contributed by atoms with Gasteiger partial charge in [-0.1, -0.05) is 19.8 Å². The Labute approximate surface area is 97.1 Å². The van der Waals surface area contributed by atoms with E-state index in [0.29, 0.717) is 6.61 Å². The first-order valence-corrected chi connectivity index (χ1v) is 4.33. The Kier molecular flexibility index (Phi) is 12.2. The van der Waals surface area contributed by atoms with E-state index in [1.807, 2.05) is 0 Å². The van der Waals surface area contributed by atoms with Gasteiger partial charge in [0, 0.05) is 19.5 Å². The van der Waals surface area contributed by atoms with E-state index in [-0.39, 0.29) is 19.5 Å². The van der Waals surface area contributed by atoms with Crippen molar-refractivity contribution in [1.82, 2.24) is 3.71 Å². The van der Waals surface area contributed by atoms with Crippen LogP contribution in [0.25, 0.3) is 0 Å². The van der Waals surface area contributed by atoms with Crippen molar-refractivity contribution in [3.8, 4) is 0 Å². The fourth-order valence-electron chi connectivity index (χ4n) is 0.569. The summed E-state index contributed by atoms with van der Waals surface area (Å²) in [7, 11) is 0. The number of carbonyl (C=O) groups excluding carboxylic acids is 1. The molecule has 0 bridgehead atoms. The summed E-state index contributed by atoms with van der Waals surface area (Å²) in [5.41, 5.74) is 0. The molecular weight excluding hydrogens is 248 g/mol. The minimum atomic E-state index is -0.521. The third-order valence-electron chi connectivity index (χ3n) is 1.14. The van der Waals surface area contributed by atoms with E-state index in [9.17, 15) is 4.79 Å². The summed E-state index contributed by atoms with van der Waals surface area (Å²) in [6, 6.07) is 0. The molecule has 0 aromatic carbocycles. The van der Waals surface area contributed by atoms with Crippen LogP contribution < -0.4 is 0 Å². The van der Waals surface area contributed by atoms with Gasteiger partial charge in [-0.25, -0.2) is 4.79 Å². The molecule has 0 aliphatic heterocycles. The molecular formula is C6H13NO2S2Zn. The number of nitrogens with zero attached hydrogens (tertiary/aromatic N) is 1. The first kappa shape index (κ1) is 15.1. The van der Waals surface area contributed by atoms with E-state index < -0.39 is 6.09 Å². The summed E-state index contributed by atoms with van der Waals surface area (Å²) in [6.45, 7) is 2.54. The van der Waals surface area contributed by atoms with Crippen molar-refractivity contribution < 1.29 is 29.0 Å². The summed E-state index contributed by atoms with van der Waals surface area (Å²) in [4.78, 5) is 10.7. The van der Waals surface area contributed by atoms with Gasteiger partial charge in [0.25, 0.3) is 0 Å². The number of thiol groups is 2. The third-order valence-corrected chi connectivity index (χ3v) is 1.46. The maximum absolute atomic E-state index is 10.7. The smallest absolute Gasteiger partial charge is 0.429 e. The average Bonchev–Trinajstić information content (AvgIpc) is 1.97. The summed E-state index contributed by atoms with van der Waals surface area (Å²) >= 11 is 7.28. The summed E-state index contributed by atoms with van der Waals surface area (Å²) in [5.74, 6) is 0. The Bertz CT molecular complexity index is 124. The van der Waals surface area contributed by atoms with E-state index in [1.165, 1.54) is 0 Å². The number of ether oxygens (including phenoxy) is 1. The normalized spacial score (nSPS) is 8.58. The molecule has 3 nitrogen and oxygen atoms in total. The number of rotatable bonds is 4. The van der Waals surface area contributed by atoms with Crippen molar-refractivity contribution in [2.24, 2.45) is 0 Å². The van der Waals surface area contributed by atoms with Gasteiger partial charge in [0.1, 0.15) is 0 Å². The van der Waals surface area contributed by atoms with Gasteiger partial charge in [0.15, 0.2) is 0 Å². The van der Waals surface area contributed by atoms with Crippen LogP contribution >= 0.6 is 25.6 Å². The maximum Gasteiger partial charge on any atom is 0.429 e. The van der Waals surface area contributed by atoms with E-state index in [0.717, 1.165) is 23.0 Å². The van der Waals surface area contributed by atoms with Gasteiger partial charge in [-0.3, -0.25) is 0 Å². The Balaban J connectivity index is 0. The van der Waals surface area contributed by atoms with Gasteiger partial charge in [-0.2, -0.15) is 3.71 Å². The van der Waals surface area contributed by atoms with Crippen LogP contribution in [0.2, 0.25) is 0 Å². The molecule has 0 N–H and O–H groups in total. The molecule has 0 heterocycles. The van der Waals surface area contributed by atoms with Crippen molar-refractivity contribution in [1.29, 1.82) is 0 Å². The van der Waals surface area contributed by atoms with Crippen molar-refractivity contribution >= 4 is 31.7 Å². The Morgan fingerprint density at radius 3 is 2.42 bits per heavy atom. The zero-order valence-corrected chi connectivity index (χ0v) is 11.9. The quantitative estimate of drug-likeness (QED) is 0.461. The maximum atomic E-state index is 10.7. The topological polar surface area (TPSA) is 29.5 Å². The molecule has 0 radical (unpaired) electrons. The van der Waals surface area contributed by atoms with Gasteiger partial charge in [-0.15, -0.1) is 0 Å². The van der Waals surface area contributed by atoms with Crippen LogP contribution in [0.1, 0.15) is 26.2 Å². The molecule has 0 aliphatic carbocycles. The van der Waals surface area contributed by atoms with Crippen LogP contribution in [0.5, 0.6) is 0 Å². The van der Waals surface area contributed by atoms with Gasteiger partial charge in [0.05, 0.1) is 6.61 Å². The fourth-order valence-corrected chi connectivity index (χ4v) is 0.685. The molecule has 68 valence electrons. The zero-order valence-electron chi connectivity index (χ0n) is 7.19. The van der Waals surface area contributed by atoms with E-state index in [4.69, 9.17) is 4.74 Å². The Morgan fingerprint density at radius 1 is 1.42 bits per heavy atom. The predicted octanol–water partition coefficient (Wildman–Crippen LogP) is 2.30. The molecule has 6 heteroatoms. The summed E-state index contributed by atoms with van der Waals surface area (Å²) in [6.07, 6.45) is 2.57. The van der Waals surface area contributed by atoms with Gasteiger partial charge < -0.3 is 4.74 Å². The first-order chi connectivity index (χ1) is 5.18. The second kappa shape index (κ2) is 9.68. The number of amides is 1. The minimum Gasteiger partial charge on any atom is -0.448 e. The number of hydrogen-bond acceptors (Lipinski definition) is 4.